The highest BCUT2D eigenvalue weighted by molar-refractivity contribution is 6.34. The Morgan fingerprint density at radius 3 is 2.43 bits per heavy atom. The summed E-state index contributed by atoms with van der Waals surface area (Å²) in [6.45, 7) is 6.44. The Morgan fingerprint density at radius 1 is 1.14 bits per heavy atom. The summed E-state index contributed by atoms with van der Waals surface area (Å²) < 4.78 is 49.4. The molecule has 28 heavy (non-hydrogen) atoms. The normalized spacial score (nSPS) is 12.0. The topological polar surface area (TPSA) is 60.5 Å². The Labute approximate surface area is 165 Å². The van der Waals surface area contributed by atoms with Gasteiger partial charge in [-0.1, -0.05) is 11.6 Å². The molecule has 0 aliphatic heterocycles. The van der Waals surface area contributed by atoms with E-state index in [9.17, 15) is 18.0 Å². The van der Waals surface area contributed by atoms with E-state index in [0.29, 0.717) is 12.5 Å². The number of hydrogen-bond acceptors (Lipinski definition) is 4. The largest absolute Gasteiger partial charge is 0.475 e. The first-order chi connectivity index (χ1) is 13.0. The smallest absolute Gasteiger partial charge is 0.416 e. The van der Waals surface area contributed by atoms with Crippen LogP contribution in [-0.2, 0) is 10.9 Å². The van der Waals surface area contributed by atoms with Crippen LogP contribution in [0.3, 0.4) is 0 Å². The first kappa shape index (κ1) is 22.0. The standard InChI is InChI=1S/C19H20ClF3N2O3/c1-18(2,3)28-9-8-27-16-7-4-12(11-24-16)17(26)25-15-10-13(19(21,22)23)5-6-14(15)20/h4-7,10-11H,8-9H2,1-3H3,(H,25,26). The third kappa shape index (κ3) is 6.69. The van der Waals surface area contributed by atoms with E-state index < -0.39 is 17.6 Å². The lowest BCUT2D eigenvalue weighted by molar-refractivity contribution is -0.137. The molecule has 0 bridgehead atoms. The van der Waals surface area contributed by atoms with Crippen LogP contribution in [0, 0.1) is 0 Å². The number of rotatable bonds is 6. The molecule has 152 valence electrons. The fourth-order valence-corrected chi connectivity index (χ4v) is 2.25. The highest BCUT2D eigenvalue weighted by Gasteiger charge is 2.31. The highest BCUT2D eigenvalue weighted by atomic mass is 35.5. The Morgan fingerprint density at radius 2 is 1.86 bits per heavy atom. The summed E-state index contributed by atoms with van der Waals surface area (Å²) in [6.07, 6.45) is -3.28. The molecule has 5 nitrogen and oxygen atoms in total. The molecule has 2 aromatic rings. The van der Waals surface area contributed by atoms with E-state index in [0.717, 1.165) is 18.2 Å². The maximum absolute atomic E-state index is 12.8. The maximum Gasteiger partial charge on any atom is 0.416 e. The number of halogens is 4. The van der Waals surface area contributed by atoms with Gasteiger partial charge in [0.25, 0.3) is 5.91 Å². The SMILES string of the molecule is CC(C)(C)OCCOc1ccc(C(=O)Nc2cc(C(F)(F)F)ccc2Cl)cn1. The van der Waals surface area contributed by atoms with Gasteiger partial charge in [0, 0.05) is 12.3 Å². The lowest BCUT2D eigenvalue weighted by Crippen LogP contribution is -2.22. The molecule has 0 aliphatic rings. The van der Waals surface area contributed by atoms with Gasteiger partial charge in [-0.05, 0) is 45.0 Å². The third-order valence-electron chi connectivity index (χ3n) is 3.41. The summed E-state index contributed by atoms with van der Waals surface area (Å²) in [7, 11) is 0. The summed E-state index contributed by atoms with van der Waals surface area (Å²) in [4.78, 5) is 16.3. The van der Waals surface area contributed by atoms with Crippen LogP contribution in [0.25, 0.3) is 0 Å². The number of nitrogens with zero attached hydrogens (tertiary/aromatic N) is 1. The van der Waals surface area contributed by atoms with Gasteiger partial charge in [0.1, 0.15) is 6.61 Å². The van der Waals surface area contributed by atoms with Crippen LogP contribution in [-0.4, -0.2) is 29.7 Å². The number of pyridine rings is 1. The van der Waals surface area contributed by atoms with Crippen molar-refractivity contribution in [3.05, 3.63) is 52.7 Å². The van der Waals surface area contributed by atoms with Crippen molar-refractivity contribution in [2.45, 2.75) is 32.5 Å². The Bertz CT molecular complexity index is 819. The monoisotopic (exact) mass is 416 g/mol. The number of ether oxygens (including phenoxy) is 2. The summed E-state index contributed by atoms with van der Waals surface area (Å²) in [6, 6.07) is 5.63. The predicted molar refractivity (Wildman–Crippen MR) is 99.8 cm³/mol. The number of amides is 1. The fourth-order valence-electron chi connectivity index (χ4n) is 2.09. The number of hydrogen-bond donors (Lipinski definition) is 1. The van der Waals surface area contributed by atoms with Crippen molar-refractivity contribution >= 4 is 23.2 Å². The molecular formula is C19H20ClF3N2O3. The van der Waals surface area contributed by atoms with E-state index in [4.69, 9.17) is 21.1 Å². The lowest BCUT2D eigenvalue weighted by Gasteiger charge is -2.19. The molecule has 1 N–H and O–H groups in total. The van der Waals surface area contributed by atoms with Crippen LogP contribution in [0.15, 0.2) is 36.5 Å². The number of nitrogens with one attached hydrogen (secondary N) is 1. The molecule has 0 saturated heterocycles. The van der Waals surface area contributed by atoms with Gasteiger partial charge in [0.2, 0.25) is 5.88 Å². The molecule has 1 aromatic heterocycles. The Balaban J connectivity index is 1.98. The van der Waals surface area contributed by atoms with E-state index >= 15 is 0 Å². The first-order valence-electron chi connectivity index (χ1n) is 8.36. The number of carbonyl (C=O) groups excluding carboxylic acids is 1. The molecule has 0 fully saturated rings. The van der Waals surface area contributed by atoms with E-state index in [1.54, 1.807) is 0 Å². The van der Waals surface area contributed by atoms with Gasteiger partial charge < -0.3 is 14.8 Å². The molecule has 1 aromatic carbocycles. The van der Waals surface area contributed by atoms with Crippen molar-refractivity contribution in [1.82, 2.24) is 4.98 Å². The molecule has 1 heterocycles. The summed E-state index contributed by atoms with van der Waals surface area (Å²) in [5, 5.41) is 2.35. The second kappa shape index (κ2) is 8.79. The van der Waals surface area contributed by atoms with Gasteiger partial charge in [-0.25, -0.2) is 4.98 Å². The van der Waals surface area contributed by atoms with E-state index in [-0.39, 0.29) is 28.5 Å². The zero-order valence-electron chi connectivity index (χ0n) is 15.6. The second-order valence-corrected chi connectivity index (χ2v) is 7.25. The van der Waals surface area contributed by atoms with Crippen LogP contribution >= 0.6 is 11.6 Å². The van der Waals surface area contributed by atoms with Crippen molar-refractivity contribution in [3.63, 3.8) is 0 Å². The minimum Gasteiger partial charge on any atom is -0.475 e. The van der Waals surface area contributed by atoms with Crippen LogP contribution in [0.1, 0.15) is 36.7 Å². The van der Waals surface area contributed by atoms with Gasteiger partial charge in [0.05, 0.1) is 34.0 Å². The van der Waals surface area contributed by atoms with Gasteiger partial charge >= 0.3 is 6.18 Å². The number of alkyl halides is 3. The van der Waals surface area contributed by atoms with E-state index in [1.165, 1.54) is 18.3 Å². The molecule has 0 atom stereocenters. The zero-order chi connectivity index (χ0) is 20.9. The molecule has 0 aliphatic carbocycles. The molecule has 0 radical (unpaired) electrons. The van der Waals surface area contributed by atoms with Gasteiger partial charge in [-0.2, -0.15) is 13.2 Å². The number of aromatic nitrogens is 1. The highest BCUT2D eigenvalue weighted by Crippen LogP contribution is 2.34. The van der Waals surface area contributed by atoms with Crippen LogP contribution in [0.5, 0.6) is 5.88 Å². The average Bonchev–Trinajstić information content (AvgIpc) is 2.59. The summed E-state index contributed by atoms with van der Waals surface area (Å²) in [5.41, 5.74) is -1.18. The molecule has 1 amide bonds. The van der Waals surface area contributed by atoms with Crippen molar-refractivity contribution in [2.75, 3.05) is 18.5 Å². The minimum atomic E-state index is -4.54. The van der Waals surface area contributed by atoms with Crippen molar-refractivity contribution in [2.24, 2.45) is 0 Å². The first-order valence-corrected chi connectivity index (χ1v) is 8.74. The predicted octanol–water partition coefficient (Wildman–Crippen LogP) is 5.20. The Kier molecular flexibility index (Phi) is 6.90. The number of anilines is 1. The summed E-state index contributed by atoms with van der Waals surface area (Å²) in [5.74, 6) is -0.345. The van der Waals surface area contributed by atoms with Crippen molar-refractivity contribution < 1.29 is 27.4 Å². The summed E-state index contributed by atoms with van der Waals surface area (Å²) >= 11 is 5.88. The second-order valence-electron chi connectivity index (χ2n) is 6.84. The number of carbonyl (C=O) groups is 1. The van der Waals surface area contributed by atoms with E-state index in [2.05, 4.69) is 10.3 Å². The molecule has 0 spiro atoms. The molecule has 0 saturated carbocycles. The molecule has 0 unspecified atom stereocenters. The van der Waals surface area contributed by atoms with Crippen LogP contribution in [0.2, 0.25) is 5.02 Å². The minimum absolute atomic E-state index is 0.00638. The quantitative estimate of drug-likeness (QED) is 0.657. The zero-order valence-corrected chi connectivity index (χ0v) is 16.3. The molecular weight excluding hydrogens is 397 g/mol. The fraction of sp³-hybridized carbons (Fsp3) is 0.368. The molecule has 9 heteroatoms. The lowest BCUT2D eigenvalue weighted by atomic mass is 10.2. The van der Waals surface area contributed by atoms with Gasteiger partial charge in [0.15, 0.2) is 0 Å². The van der Waals surface area contributed by atoms with Crippen molar-refractivity contribution in [1.29, 1.82) is 0 Å². The number of benzene rings is 1. The van der Waals surface area contributed by atoms with Crippen LogP contribution < -0.4 is 10.1 Å². The maximum atomic E-state index is 12.8. The van der Waals surface area contributed by atoms with Crippen LogP contribution in [0.4, 0.5) is 18.9 Å². The average molecular weight is 417 g/mol. The van der Waals surface area contributed by atoms with Gasteiger partial charge in [-0.3, -0.25) is 4.79 Å². The Hall–Kier alpha value is -2.32. The van der Waals surface area contributed by atoms with E-state index in [1.807, 2.05) is 20.8 Å². The van der Waals surface area contributed by atoms with Gasteiger partial charge in [-0.15, -0.1) is 0 Å². The third-order valence-corrected chi connectivity index (χ3v) is 3.74. The molecule has 2 rings (SSSR count). The van der Waals surface area contributed by atoms with Crippen molar-refractivity contribution in [3.8, 4) is 5.88 Å².